The average Bonchev–Trinajstić information content (AvgIpc) is 2.28. The van der Waals surface area contributed by atoms with Crippen molar-refractivity contribution < 1.29 is 14.6 Å². The summed E-state index contributed by atoms with van der Waals surface area (Å²) < 4.78 is 5.02. The summed E-state index contributed by atoms with van der Waals surface area (Å²) in [4.78, 5) is 11.8. The van der Waals surface area contributed by atoms with Crippen LogP contribution in [0.5, 0.6) is 0 Å². The molecule has 2 atom stereocenters. The van der Waals surface area contributed by atoms with Gasteiger partial charge in [0.1, 0.15) is 5.54 Å². The van der Waals surface area contributed by atoms with Crippen molar-refractivity contribution in [1.29, 1.82) is 0 Å². The number of carboxylic acid groups (broad SMARTS) is 1. The molecule has 0 aliphatic heterocycles. The highest BCUT2D eigenvalue weighted by molar-refractivity contribution is 5.79. The van der Waals surface area contributed by atoms with Crippen LogP contribution in [0.3, 0.4) is 0 Å². The van der Waals surface area contributed by atoms with Crippen LogP contribution in [0.15, 0.2) is 0 Å². The molecule has 0 bridgehead atoms. The molecule has 0 heterocycles. The Morgan fingerprint density at radius 1 is 1.44 bits per heavy atom. The lowest BCUT2D eigenvalue weighted by atomic mass is 9.62. The van der Waals surface area contributed by atoms with E-state index in [0.29, 0.717) is 19.6 Å². The number of methoxy groups -OCH3 is 1. The molecular weight excluding hydrogens is 230 g/mol. The third kappa shape index (κ3) is 3.23. The molecule has 0 radical (unpaired) electrons. The summed E-state index contributed by atoms with van der Waals surface area (Å²) in [7, 11) is 1.64. The van der Waals surface area contributed by atoms with Crippen LogP contribution in [0, 0.1) is 11.3 Å². The number of aliphatic carboxylic acids is 1. The zero-order chi connectivity index (χ0) is 13.8. The van der Waals surface area contributed by atoms with Gasteiger partial charge in [0, 0.05) is 13.7 Å². The second kappa shape index (κ2) is 6.02. The first kappa shape index (κ1) is 15.4. The lowest BCUT2D eigenvalue weighted by Gasteiger charge is -2.47. The summed E-state index contributed by atoms with van der Waals surface area (Å²) in [5.41, 5.74) is -0.784. The van der Waals surface area contributed by atoms with Crippen LogP contribution in [-0.4, -0.2) is 36.9 Å². The highest BCUT2D eigenvalue weighted by atomic mass is 16.5. The zero-order valence-corrected chi connectivity index (χ0v) is 12.1. The van der Waals surface area contributed by atoms with Crippen LogP contribution in [0.2, 0.25) is 0 Å². The molecule has 4 nitrogen and oxygen atoms in total. The number of hydrogen-bond acceptors (Lipinski definition) is 3. The van der Waals surface area contributed by atoms with Crippen LogP contribution in [-0.2, 0) is 9.53 Å². The maximum absolute atomic E-state index is 11.8. The topological polar surface area (TPSA) is 58.6 Å². The van der Waals surface area contributed by atoms with Gasteiger partial charge in [-0.05, 0) is 24.2 Å². The Labute approximate surface area is 110 Å². The van der Waals surface area contributed by atoms with Crippen LogP contribution >= 0.6 is 0 Å². The summed E-state index contributed by atoms with van der Waals surface area (Å²) in [5.74, 6) is -0.550. The standard InChI is InChI=1S/C14H27NO3/c1-13(2,3)11-7-5-6-8-14(11,12(16)17)15-9-10-18-4/h11,15H,5-10H2,1-4H3,(H,16,17). The third-order valence-corrected chi connectivity index (χ3v) is 4.08. The van der Waals surface area contributed by atoms with Gasteiger partial charge in [-0.15, -0.1) is 0 Å². The minimum atomic E-state index is -0.783. The lowest BCUT2D eigenvalue weighted by molar-refractivity contribution is -0.152. The van der Waals surface area contributed by atoms with E-state index in [1.54, 1.807) is 7.11 Å². The molecule has 2 unspecified atom stereocenters. The molecule has 1 saturated carbocycles. The Kier molecular flexibility index (Phi) is 5.17. The van der Waals surface area contributed by atoms with Gasteiger partial charge in [-0.25, -0.2) is 0 Å². The molecule has 4 heteroatoms. The van der Waals surface area contributed by atoms with E-state index in [1.165, 1.54) is 0 Å². The van der Waals surface area contributed by atoms with E-state index >= 15 is 0 Å². The van der Waals surface area contributed by atoms with E-state index < -0.39 is 11.5 Å². The van der Waals surface area contributed by atoms with Crippen molar-refractivity contribution in [2.45, 2.75) is 52.0 Å². The van der Waals surface area contributed by atoms with Gasteiger partial charge in [0.25, 0.3) is 0 Å². The van der Waals surface area contributed by atoms with Crippen molar-refractivity contribution in [3.8, 4) is 0 Å². The number of nitrogens with one attached hydrogen (secondary N) is 1. The third-order valence-electron chi connectivity index (χ3n) is 4.08. The van der Waals surface area contributed by atoms with E-state index in [-0.39, 0.29) is 11.3 Å². The largest absolute Gasteiger partial charge is 0.480 e. The fourth-order valence-corrected chi connectivity index (χ4v) is 3.26. The van der Waals surface area contributed by atoms with Crippen LogP contribution in [0.4, 0.5) is 0 Å². The second-order valence-corrected chi connectivity index (χ2v) is 6.36. The Morgan fingerprint density at radius 3 is 2.61 bits per heavy atom. The highest BCUT2D eigenvalue weighted by Crippen LogP contribution is 2.44. The predicted octanol–water partition coefficient (Wildman–Crippen LogP) is 2.28. The quantitative estimate of drug-likeness (QED) is 0.742. The number of ether oxygens (including phenoxy) is 1. The van der Waals surface area contributed by atoms with Crippen molar-refractivity contribution in [3.63, 3.8) is 0 Å². The van der Waals surface area contributed by atoms with Crippen LogP contribution < -0.4 is 5.32 Å². The van der Waals surface area contributed by atoms with E-state index in [1.807, 2.05) is 0 Å². The first-order valence-electron chi connectivity index (χ1n) is 6.82. The normalized spacial score (nSPS) is 29.2. The van der Waals surface area contributed by atoms with E-state index in [9.17, 15) is 9.90 Å². The van der Waals surface area contributed by atoms with E-state index in [0.717, 1.165) is 19.3 Å². The van der Waals surface area contributed by atoms with Gasteiger partial charge in [0.2, 0.25) is 0 Å². The molecule has 0 aromatic rings. The molecule has 1 fully saturated rings. The predicted molar refractivity (Wildman–Crippen MR) is 71.7 cm³/mol. The van der Waals surface area contributed by atoms with E-state index in [4.69, 9.17) is 4.74 Å². The van der Waals surface area contributed by atoms with Gasteiger partial charge in [0.15, 0.2) is 0 Å². The molecule has 0 aromatic heterocycles. The van der Waals surface area contributed by atoms with Gasteiger partial charge in [-0.2, -0.15) is 0 Å². The molecular formula is C14H27NO3. The van der Waals surface area contributed by atoms with Gasteiger partial charge in [-0.3, -0.25) is 10.1 Å². The Balaban J connectivity index is 2.93. The minimum absolute atomic E-state index is 0.00111. The zero-order valence-electron chi connectivity index (χ0n) is 12.1. The molecule has 1 aliphatic carbocycles. The molecule has 106 valence electrons. The number of hydrogen-bond donors (Lipinski definition) is 2. The number of carbonyl (C=O) groups is 1. The molecule has 1 rings (SSSR count). The van der Waals surface area contributed by atoms with Crippen molar-refractivity contribution in [2.75, 3.05) is 20.3 Å². The average molecular weight is 257 g/mol. The minimum Gasteiger partial charge on any atom is -0.480 e. The molecule has 2 N–H and O–H groups in total. The summed E-state index contributed by atoms with van der Waals surface area (Å²) in [6, 6.07) is 0. The van der Waals surface area contributed by atoms with Crippen molar-refractivity contribution in [3.05, 3.63) is 0 Å². The number of carboxylic acids is 1. The molecule has 0 saturated heterocycles. The van der Waals surface area contributed by atoms with Crippen LogP contribution in [0.1, 0.15) is 46.5 Å². The van der Waals surface area contributed by atoms with Crippen molar-refractivity contribution in [1.82, 2.24) is 5.32 Å². The van der Waals surface area contributed by atoms with Gasteiger partial charge >= 0.3 is 5.97 Å². The molecule has 18 heavy (non-hydrogen) atoms. The van der Waals surface area contributed by atoms with Crippen molar-refractivity contribution in [2.24, 2.45) is 11.3 Å². The first-order chi connectivity index (χ1) is 8.34. The summed E-state index contributed by atoms with van der Waals surface area (Å²) >= 11 is 0. The Morgan fingerprint density at radius 2 is 2.11 bits per heavy atom. The highest BCUT2D eigenvalue weighted by Gasteiger charge is 2.51. The summed E-state index contributed by atoms with van der Waals surface area (Å²) in [6.07, 6.45) is 3.81. The van der Waals surface area contributed by atoms with Gasteiger partial charge in [-0.1, -0.05) is 33.6 Å². The summed E-state index contributed by atoms with van der Waals surface area (Å²) in [6.45, 7) is 7.55. The Hall–Kier alpha value is -0.610. The fraction of sp³-hybridized carbons (Fsp3) is 0.929. The molecule has 0 aromatic carbocycles. The van der Waals surface area contributed by atoms with E-state index in [2.05, 4.69) is 26.1 Å². The Bertz CT molecular complexity index is 285. The summed E-state index contributed by atoms with van der Waals surface area (Å²) in [5, 5.41) is 13.0. The van der Waals surface area contributed by atoms with Crippen molar-refractivity contribution >= 4 is 5.97 Å². The monoisotopic (exact) mass is 257 g/mol. The van der Waals surface area contributed by atoms with Crippen LogP contribution in [0.25, 0.3) is 0 Å². The first-order valence-corrected chi connectivity index (χ1v) is 6.82. The smallest absolute Gasteiger partial charge is 0.324 e. The van der Waals surface area contributed by atoms with Gasteiger partial charge in [0.05, 0.1) is 6.61 Å². The second-order valence-electron chi connectivity index (χ2n) is 6.36. The fourth-order valence-electron chi connectivity index (χ4n) is 3.26. The molecule has 1 aliphatic rings. The molecule has 0 spiro atoms. The van der Waals surface area contributed by atoms with Gasteiger partial charge < -0.3 is 9.84 Å². The maximum Gasteiger partial charge on any atom is 0.324 e. The lowest BCUT2D eigenvalue weighted by Crippen LogP contribution is -2.62. The molecule has 0 amide bonds. The maximum atomic E-state index is 11.8. The SMILES string of the molecule is COCCNC1(C(=O)O)CCCCC1C(C)(C)C. The number of rotatable bonds is 5.